The number of amides is 2. The highest BCUT2D eigenvalue weighted by atomic mass is 16.7. The van der Waals surface area contributed by atoms with Gasteiger partial charge in [-0.2, -0.15) is 10.2 Å². The van der Waals surface area contributed by atoms with Crippen LogP contribution in [0.2, 0.25) is 0 Å². The van der Waals surface area contributed by atoms with Crippen LogP contribution in [0.5, 0.6) is 0 Å². The Morgan fingerprint density at radius 3 is 2.74 bits per heavy atom. The van der Waals surface area contributed by atoms with Crippen LogP contribution in [0.15, 0.2) is 36.5 Å². The molecule has 0 radical (unpaired) electrons. The fourth-order valence-corrected chi connectivity index (χ4v) is 3.20. The lowest BCUT2D eigenvalue weighted by Crippen LogP contribution is -2.31. The summed E-state index contributed by atoms with van der Waals surface area (Å²) in [7, 11) is 1.31. The Morgan fingerprint density at radius 2 is 2.07 bits per heavy atom. The van der Waals surface area contributed by atoms with E-state index in [4.69, 9.17) is 14.7 Å². The van der Waals surface area contributed by atoms with Crippen LogP contribution in [0, 0.1) is 0 Å². The van der Waals surface area contributed by atoms with Crippen LogP contribution in [0.3, 0.4) is 0 Å². The molecule has 9 heteroatoms. The number of hydrogen-bond donors (Lipinski definition) is 1. The van der Waals surface area contributed by atoms with Crippen molar-refractivity contribution in [3.05, 3.63) is 53.3 Å². The van der Waals surface area contributed by atoms with Gasteiger partial charge in [0.25, 0.3) is 6.47 Å². The lowest BCUT2D eigenvalue weighted by molar-refractivity contribution is -0.141. The van der Waals surface area contributed by atoms with Gasteiger partial charge in [-0.15, -0.1) is 0 Å². The molecule has 1 aromatic heterocycles. The maximum atomic E-state index is 12.5. The Morgan fingerprint density at radius 1 is 1.33 bits per heavy atom. The van der Waals surface area contributed by atoms with Crippen LogP contribution >= 0.6 is 0 Å². The molecular weight excluding hydrogens is 352 g/mol. The van der Waals surface area contributed by atoms with Crippen LogP contribution in [-0.2, 0) is 34.1 Å². The average molecular weight is 374 g/mol. The molecule has 1 atom stereocenters. The monoisotopic (exact) mass is 374 g/mol. The number of aromatic nitrogens is 2. The second-order valence-electron chi connectivity index (χ2n) is 6.09. The van der Waals surface area contributed by atoms with Gasteiger partial charge < -0.3 is 14.7 Å². The second kappa shape index (κ2) is 8.65. The summed E-state index contributed by atoms with van der Waals surface area (Å²) in [5.74, 6) is 0. The fraction of sp³-hybridized carbons (Fsp3) is 0.389. The van der Waals surface area contributed by atoms with E-state index in [9.17, 15) is 4.79 Å². The number of carbonyl (C=O) groups excluding carboxylic acids is 2. The number of benzene rings is 1. The number of aliphatic hydroxyl groups is 1. The van der Waals surface area contributed by atoms with Gasteiger partial charge in [0.15, 0.2) is 0 Å². The number of rotatable bonds is 6. The summed E-state index contributed by atoms with van der Waals surface area (Å²) in [6.07, 6.45) is 1.78. The van der Waals surface area contributed by atoms with Gasteiger partial charge >= 0.3 is 6.03 Å². The van der Waals surface area contributed by atoms with Gasteiger partial charge in [-0.05, 0) is 5.56 Å². The molecule has 2 aliphatic heterocycles. The molecule has 4 rings (SSSR count). The van der Waals surface area contributed by atoms with Crippen molar-refractivity contribution in [2.24, 2.45) is 0 Å². The Hall–Kier alpha value is -2.91. The molecule has 0 spiro atoms. The van der Waals surface area contributed by atoms with Gasteiger partial charge in [0, 0.05) is 5.56 Å². The Balaban J connectivity index is 0.000000481. The lowest BCUT2D eigenvalue weighted by atomic mass is 10.1. The van der Waals surface area contributed by atoms with Gasteiger partial charge in [-0.1, -0.05) is 30.3 Å². The van der Waals surface area contributed by atoms with Gasteiger partial charge in [-0.3, -0.25) is 14.3 Å². The van der Waals surface area contributed by atoms with E-state index in [2.05, 4.69) is 9.84 Å². The molecule has 2 aromatic rings. The van der Waals surface area contributed by atoms with E-state index in [1.807, 2.05) is 30.3 Å². The van der Waals surface area contributed by atoms with E-state index >= 15 is 0 Å². The summed E-state index contributed by atoms with van der Waals surface area (Å²) in [4.78, 5) is 29.0. The number of fused-ring (bicyclic) bond motifs is 4. The molecule has 0 saturated carbocycles. The van der Waals surface area contributed by atoms with Crippen molar-refractivity contribution in [3.8, 4) is 0 Å². The van der Waals surface area contributed by atoms with Crippen LogP contribution in [0.1, 0.15) is 22.9 Å². The van der Waals surface area contributed by atoms with Gasteiger partial charge in [0.1, 0.15) is 12.6 Å². The largest absolute Gasteiger partial charge is 0.471 e. The molecule has 144 valence electrons. The van der Waals surface area contributed by atoms with Crippen molar-refractivity contribution in [1.29, 1.82) is 0 Å². The molecule has 3 heterocycles. The number of ether oxygens (including phenoxy) is 1. The number of methoxy groups -OCH3 is 1. The van der Waals surface area contributed by atoms with Gasteiger partial charge in [0.2, 0.25) is 0 Å². The first-order chi connectivity index (χ1) is 13.2. The highest BCUT2D eigenvalue weighted by Gasteiger charge is 2.45. The molecule has 0 aliphatic carbocycles. The number of nitrogens with zero attached hydrogens (tertiary/aromatic N) is 4. The van der Waals surface area contributed by atoms with Crippen molar-refractivity contribution >= 4 is 12.5 Å². The number of hydrogen-bond acceptors (Lipinski definition) is 6. The Kier molecular flexibility index (Phi) is 6.05. The van der Waals surface area contributed by atoms with Crippen LogP contribution in [0.4, 0.5) is 4.79 Å². The first kappa shape index (κ1) is 18.9. The zero-order valence-electron chi connectivity index (χ0n) is 15.0. The third-order valence-electron chi connectivity index (χ3n) is 4.44. The molecule has 27 heavy (non-hydrogen) atoms. The Labute approximate surface area is 156 Å². The van der Waals surface area contributed by atoms with Crippen LogP contribution < -0.4 is 0 Å². The summed E-state index contributed by atoms with van der Waals surface area (Å²) in [6, 6.07) is 9.53. The average Bonchev–Trinajstić information content (AvgIpc) is 3.22. The second-order valence-corrected chi connectivity index (χ2v) is 6.09. The SMILES string of the molecule is COC=O.O=C1N2Cc3c(cnn3CCO)C(C2)N1OCc1ccccc1. The van der Waals surface area contributed by atoms with E-state index < -0.39 is 0 Å². The smallest absolute Gasteiger partial charge is 0.345 e. The number of carbonyl (C=O) groups is 2. The summed E-state index contributed by atoms with van der Waals surface area (Å²) in [5.41, 5.74) is 3.01. The van der Waals surface area contributed by atoms with E-state index in [1.54, 1.807) is 15.8 Å². The van der Waals surface area contributed by atoms with Crippen molar-refractivity contribution in [1.82, 2.24) is 19.7 Å². The van der Waals surface area contributed by atoms with E-state index in [0.29, 0.717) is 32.7 Å². The predicted molar refractivity (Wildman–Crippen MR) is 94.0 cm³/mol. The quantitative estimate of drug-likeness (QED) is 0.760. The van der Waals surface area contributed by atoms with E-state index in [0.717, 1.165) is 16.8 Å². The molecule has 2 aliphatic rings. The summed E-state index contributed by atoms with van der Waals surface area (Å²) in [5, 5.41) is 14.9. The first-order valence-corrected chi connectivity index (χ1v) is 8.56. The predicted octanol–water partition coefficient (Wildman–Crippen LogP) is 1.09. The molecule has 1 unspecified atom stereocenters. The first-order valence-electron chi connectivity index (χ1n) is 8.56. The third-order valence-corrected chi connectivity index (χ3v) is 4.44. The topological polar surface area (TPSA) is 97.1 Å². The molecule has 1 fully saturated rings. The maximum Gasteiger partial charge on any atom is 0.345 e. The summed E-state index contributed by atoms with van der Waals surface area (Å²) < 4.78 is 5.63. The molecule has 1 aromatic carbocycles. The number of urea groups is 1. The molecule has 9 nitrogen and oxygen atoms in total. The zero-order chi connectivity index (χ0) is 19.2. The normalized spacial score (nSPS) is 17.3. The molecule has 1 saturated heterocycles. The van der Waals surface area contributed by atoms with Gasteiger partial charge in [0.05, 0.1) is 45.2 Å². The standard InChI is InChI=1S/C16H18N4O3.C2H4O2/c21-7-6-19-14-9-18-10-15(13(14)8-17-19)20(16(18)22)23-11-12-4-2-1-3-5-12;1-4-2-3/h1-5,8,15,21H,6-7,9-11H2;2H,1H3. The molecular formula is C18H22N4O5. The van der Waals surface area contributed by atoms with E-state index in [1.165, 1.54) is 12.2 Å². The third kappa shape index (κ3) is 3.93. The summed E-state index contributed by atoms with van der Waals surface area (Å²) in [6.45, 7) is 2.33. The van der Waals surface area contributed by atoms with Crippen molar-refractivity contribution in [2.75, 3.05) is 20.3 Å². The number of aliphatic hydroxyl groups excluding tert-OH is 1. The minimum atomic E-state index is -0.137. The van der Waals surface area contributed by atoms with Crippen LogP contribution in [-0.4, -0.2) is 57.6 Å². The van der Waals surface area contributed by atoms with Crippen LogP contribution in [0.25, 0.3) is 0 Å². The minimum absolute atomic E-state index is 0.0287. The molecule has 2 bridgehead atoms. The minimum Gasteiger partial charge on any atom is -0.471 e. The molecule has 1 N–H and O–H groups in total. The van der Waals surface area contributed by atoms with Crippen molar-refractivity contribution < 1.29 is 24.3 Å². The van der Waals surface area contributed by atoms with Crippen molar-refractivity contribution in [3.63, 3.8) is 0 Å². The summed E-state index contributed by atoms with van der Waals surface area (Å²) >= 11 is 0. The molecule has 2 amide bonds. The van der Waals surface area contributed by atoms with Gasteiger partial charge in [-0.25, -0.2) is 4.79 Å². The fourth-order valence-electron chi connectivity index (χ4n) is 3.20. The lowest BCUT2D eigenvalue weighted by Gasteiger charge is -2.23. The Bertz CT molecular complexity index is 779. The highest BCUT2D eigenvalue weighted by molar-refractivity contribution is 5.77. The van der Waals surface area contributed by atoms with Crippen molar-refractivity contribution in [2.45, 2.75) is 25.7 Å². The van der Waals surface area contributed by atoms with E-state index in [-0.39, 0.29) is 18.7 Å². The highest BCUT2D eigenvalue weighted by Crippen LogP contribution is 2.37. The zero-order valence-corrected chi connectivity index (χ0v) is 15.0. The maximum absolute atomic E-state index is 12.5. The number of hydroxylamine groups is 2.